The first-order valence-electron chi connectivity index (χ1n) is 10.9. The maximum absolute atomic E-state index is 13.2. The first-order chi connectivity index (χ1) is 16.0. The van der Waals surface area contributed by atoms with Crippen molar-refractivity contribution in [1.29, 1.82) is 0 Å². The van der Waals surface area contributed by atoms with E-state index in [1.54, 1.807) is 21.9 Å². The van der Waals surface area contributed by atoms with Crippen LogP contribution in [0, 0.1) is 0 Å². The van der Waals surface area contributed by atoms with Crippen molar-refractivity contribution in [2.75, 3.05) is 16.8 Å². The van der Waals surface area contributed by atoms with E-state index in [1.165, 1.54) is 11.3 Å². The van der Waals surface area contributed by atoms with Crippen LogP contribution >= 0.6 is 11.3 Å². The fourth-order valence-corrected chi connectivity index (χ4v) is 5.36. The van der Waals surface area contributed by atoms with Gasteiger partial charge < -0.3 is 10.2 Å². The van der Waals surface area contributed by atoms with E-state index in [0.717, 1.165) is 10.6 Å². The summed E-state index contributed by atoms with van der Waals surface area (Å²) in [6.07, 6.45) is 1.68. The van der Waals surface area contributed by atoms with E-state index in [-0.39, 0.29) is 24.1 Å². The molecule has 5 rings (SSSR count). The summed E-state index contributed by atoms with van der Waals surface area (Å²) in [5, 5.41) is 12.2. The molecule has 0 spiro atoms. The second kappa shape index (κ2) is 8.40. The lowest BCUT2D eigenvalue weighted by atomic mass is 9.98. The second-order valence-corrected chi connectivity index (χ2v) is 9.33. The summed E-state index contributed by atoms with van der Waals surface area (Å²) in [6.45, 7) is 2.31. The van der Waals surface area contributed by atoms with Crippen LogP contribution in [0.15, 0.2) is 54.6 Å². The van der Waals surface area contributed by atoms with E-state index >= 15 is 0 Å². The van der Waals surface area contributed by atoms with Crippen LogP contribution in [0.1, 0.15) is 43.0 Å². The third-order valence-corrected chi connectivity index (χ3v) is 7.11. The largest absolute Gasteiger partial charge is 0.315 e. The lowest BCUT2D eigenvalue weighted by Crippen LogP contribution is -2.62. The smallest absolute Gasteiger partial charge is 0.257 e. The molecule has 1 saturated heterocycles. The van der Waals surface area contributed by atoms with Gasteiger partial charge in [0.25, 0.3) is 5.91 Å². The maximum atomic E-state index is 13.2. The molecule has 3 aromatic rings. The molecule has 0 radical (unpaired) electrons. The minimum atomic E-state index is -0.706. The summed E-state index contributed by atoms with van der Waals surface area (Å²) < 4.78 is 0. The molecule has 1 fully saturated rings. The van der Waals surface area contributed by atoms with Gasteiger partial charge in [0.15, 0.2) is 0 Å². The van der Waals surface area contributed by atoms with Gasteiger partial charge in [-0.1, -0.05) is 53.8 Å². The second-order valence-electron chi connectivity index (χ2n) is 8.35. The van der Waals surface area contributed by atoms with E-state index in [9.17, 15) is 14.4 Å². The first-order valence-corrected chi connectivity index (χ1v) is 11.7. The summed E-state index contributed by atoms with van der Waals surface area (Å²) in [4.78, 5) is 41.9. The Hall–Kier alpha value is -3.59. The average molecular weight is 462 g/mol. The van der Waals surface area contributed by atoms with Gasteiger partial charge in [0, 0.05) is 24.9 Å². The van der Waals surface area contributed by atoms with Crippen LogP contribution in [0.25, 0.3) is 10.6 Å². The zero-order valence-corrected chi connectivity index (χ0v) is 19.0. The molecular formula is C24H23N5O3S. The van der Waals surface area contributed by atoms with Crippen molar-refractivity contribution in [2.24, 2.45) is 0 Å². The highest BCUT2D eigenvalue weighted by molar-refractivity contribution is 7.18. The Balaban J connectivity index is 1.24. The highest BCUT2D eigenvalue weighted by atomic mass is 32.1. The van der Waals surface area contributed by atoms with Crippen molar-refractivity contribution in [3.63, 3.8) is 0 Å². The number of carbonyl (C=O) groups is 3. The molecule has 3 heterocycles. The molecule has 2 aliphatic heterocycles. The number of carbonyl (C=O) groups excluding carboxylic acids is 3. The zero-order valence-electron chi connectivity index (χ0n) is 18.2. The van der Waals surface area contributed by atoms with Crippen LogP contribution in [0.5, 0.6) is 0 Å². The monoisotopic (exact) mass is 461 g/mol. The summed E-state index contributed by atoms with van der Waals surface area (Å²) in [6, 6.07) is 16.9. The summed E-state index contributed by atoms with van der Waals surface area (Å²) in [5.41, 5.74) is 1.44. The standard InChI is InChI=1S/C24H23N5O3S/c1-24-14-13-20(31)29(24)18-11-6-5-10-17(18)22(32)28(24)15-7-12-19(30)25-23-27-26-21(33-23)16-8-3-2-4-9-16/h2-6,8-11H,7,12-15H2,1H3,(H,25,27,30). The Morgan fingerprint density at radius 1 is 1.09 bits per heavy atom. The van der Waals surface area contributed by atoms with Crippen molar-refractivity contribution in [3.05, 3.63) is 60.2 Å². The molecule has 168 valence electrons. The number of rotatable bonds is 6. The van der Waals surface area contributed by atoms with Gasteiger partial charge in [-0.15, -0.1) is 10.2 Å². The highest BCUT2D eigenvalue weighted by Crippen LogP contribution is 2.44. The third kappa shape index (κ3) is 3.78. The number of amides is 3. The number of hydrogen-bond acceptors (Lipinski definition) is 6. The predicted octanol–water partition coefficient (Wildman–Crippen LogP) is 3.92. The zero-order chi connectivity index (χ0) is 23.0. The number of nitrogens with one attached hydrogen (secondary N) is 1. The summed E-state index contributed by atoms with van der Waals surface area (Å²) in [5.74, 6) is -0.262. The van der Waals surface area contributed by atoms with Gasteiger partial charge >= 0.3 is 0 Å². The number of anilines is 2. The number of nitrogens with zero attached hydrogens (tertiary/aromatic N) is 4. The number of para-hydroxylation sites is 1. The first kappa shape index (κ1) is 21.3. The van der Waals surface area contributed by atoms with Crippen LogP contribution < -0.4 is 10.2 Å². The molecule has 1 unspecified atom stereocenters. The summed E-state index contributed by atoms with van der Waals surface area (Å²) >= 11 is 1.32. The van der Waals surface area contributed by atoms with Crippen LogP contribution in [-0.4, -0.2) is 45.0 Å². The SMILES string of the molecule is CC12CCC(=O)N1c1ccccc1C(=O)N2CCCC(=O)Nc1nnc(-c2ccccc2)s1. The van der Waals surface area contributed by atoms with E-state index in [1.807, 2.05) is 49.4 Å². The van der Waals surface area contributed by atoms with Crippen molar-refractivity contribution < 1.29 is 14.4 Å². The molecule has 9 heteroatoms. The molecule has 33 heavy (non-hydrogen) atoms. The van der Waals surface area contributed by atoms with Gasteiger partial charge in [0.1, 0.15) is 10.7 Å². The Bertz CT molecular complexity index is 1230. The van der Waals surface area contributed by atoms with Gasteiger partial charge in [0.05, 0.1) is 11.3 Å². The minimum Gasteiger partial charge on any atom is -0.315 e. The average Bonchev–Trinajstić information content (AvgIpc) is 3.41. The van der Waals surface area contributed by atoms with Crippen molar-refractivity contribution >= 4 is 39.9 Å². The Morgan fingerprint density at radius 3 is 2.67 bits per heavy atom. The van der Waals surface area contributed by atoms with E-state index in [2.05, 4.69) is 15.5 Å². The fraction of sp³-hybridized carbons (Fsp3) is 0.292. The molecule has 2 aromatic carbocycles. The summed E-state index contributed by atoms with van der Waals surface area (Å²) in [7, 11) is 0. The Morgan fingerprint density at radius 2 is 1.85 bits per heavy atom. The number of fused-ring (bicyclic) bond motifs is 3. The van der Waals surface area contributed by atoms with Gasteiger partial charge in [-0.3, -0.25) is 19.3 Å². The molecule has 0 aliphatic carbocycles. The molecule has 1 N–H and O–H groups in total. The van der Waals surface area contributed by atoms with Crippen molar-refractivity contribution in [2.45, 2.75) is 38.3 Å². The quantitative estimate of drug-likeness (QED) is 0.600. The maximum Gasteiger partial charge on any atom is 0.257 e. The van der Waals surface area contributed by atoms with Crippen molar-refractivity contribution in [1.82, 2.24) is 15.1 Å². The topological polar surface area (TPSA) is 95.5 Å². The van der Waals surface area contributed by atoms with E-state index in [0.29, 0.717) is 42.2 Å². The highest BCUT2D eigenvalue weighted by Gasteiger charge is 2.52. The van der Waals surface area contributed by atoms with Crippen LogP contribution in [0.3, 0.4) is 0 Å². The molecule has 0 saturated carbocycles. The molecule has 2 aliphatic rings. The van der Waals surface area contributed by atoms with Crippen LogP contribution in [0.4, 0.5) is 10.8 Å². The van der Waals surface area contributed by atoms with Gasteiger partial charge in [-0.2, -0.15) is 0 Å². The van der Waals surface area contributed by atoms with Crippen LogP contribution in [0.2, 0.25) is 0 Å². The molecule has 3 amide bonds. The fourth-order valence-electron chi connectivity index (χ4n) is 4.59. The van der Waals surface area contributed by atoms with Crippen LogP contribution in [-0.2, 0) is 9.59 Å². The third-order valence-electron chi connectivity index (χ3n) is 6.22. The number of hydrogen-bond donors (Lipinski definition) is 1. The number of aromatic nitrogens is 2. The van der Waals surface area contributed by atoms with Crippen molar-refractivity contribution in [3.8, 4) is 10.6 Å². The lowest BCUT2D eigenvalue weighted by molar-refractivity contribution is -0.118. The van der Waals surface area contributed by atoms with E-state index in [4.69, 9.17) is 0 Å². The molecular weight excluding hydrogens is 438 g/mol. The molecule has 0 bridgehead atoms. The van der Waals surface area contributed by atoms with Gasteiger partial charge in [0.2, 0.25) is 16.9 Å². The Labute approximate surface area is 195 Å². The normalized spacial score (nSPS) is 19.4. The van der Waals surface area contributed by atoms with E-state index < -0.39 is 5.66 Å². The molecule has 8 nitrogen and oxygen atoms in total. The lowest BCUT2D eigenvalue weighted by Gasteiger charge is -2.48. The molecule has 1 atom stereocenters. The van der Waals surface area contributed by atoms with Gasteiger partial charge in [-0.25, -0.2) is 0 Å². The Kier molecular flexibility index (Phi) is 5.41. The van der Waals surface area contributed by atoms with Gasteiger partial charge in [-0.05, 0) is 31.9 Å². The predicted molar refractivity (Wildman–Crippen MR) is 126 cm³/mol. The number of benzene rings is 2. The minimum absolute atomic E-state index is 0.0192. The molecule has 1 aromatic heterocycles.